The van der Waals surface area contributed by atoms with Gasteiger partial charge in [-0.1, -0.05) is 15.9 Å². The molecule has 3 rings (SSSR count). The van der Waals surface area contributed by atoms with Gasteiger partial charge in [0.05, 0.1) is 6.04 Å². The molecule has 2 aromatic rings. The number of nitrogens with zero attached hydrogens (tertiary/aromatic N) is 3. The number of imidazole rings is 1. The molecule has 7 heteroatoms. The van der Waals surface area contributed by atoms with Gasteiger partial charge in [0.25, 0.3) is 0 Å². The molecule has 0 amide bonds. The average molecular weight is 390 g/mol. The molecule has 1 atom stereocenters. The van der Waals surface area contributed by atoms with Crippen LogP contribution in [-0.2, 0) is 13.6 Å². The first-order valence-electron chi connectivity index (χ1n) is 7.01. The number of rotatable bonds is 3. The third kappa shape index (κ3) is 3.68. The minimum atomic E-state index is -0.157. The van der Waals surface area contributed by atoms with Crippen LogP contribution in [0.2, 0.25) is 0 Å². The summed E-state index contributed by atoms with van der Waals surface area (Å²) in [6.45, 7) is 3.21. The van der Waals surface area contributed by atoms with E-state index in [2.05, 4.69) is 31.1 Å². The molecule has 0 aliphatic carbocycles. The van der Waals surface area contributed by atoms with Crippen molar-refractivity contribution in [3.8, 4) is 0 Å². The number of aryl methyl sites for hydroxylation is 1. The van der Waals surface area contributed by atoms with Crippen LogP contribution < -0.4 is 5.32 Å². The van der Waals surface area contributed by atoms with Crippen molar-refractivity contribution in [3.05, 3.63) is 52.3 Å². The number of halogens is 3. The third-order valence-electron chi connectivity index (χ3n) is 3.89. The predicted molar refractivity (Wildman–Crippen MR) is 90.6 cm³/mol. The molecule has 1 saturated heterocycles. The van der Waals surface area contributed by atoms with Crippen molar-refractivity contribution in [1.29, 1.82) is 0 Å². The van der Waals surface area contributed by atoms with Crippen LogP contribution in [0.3, 0.4) is 0 Å². The Morgan fingerprint density at radius 2 is 2.27 bits per heavy atom. The Labute approximate surface area is 144 Å². The molecule has 1 aromatic heterocycles. The number of aromatic nitrogens is 2. The second kappa shape index (κ2) is 7.55. The van der Waals surface area contributed by atoms with Crippen LogP contribution in [0.15, 0.2) is 35.1 Å². The smallest absolute Gasteiger partial charge is 0.127 e. The summed E-state index contributed by atoms with van der Waals surface area (Å²) in [6, 6.07) is 5.26. The quantitative estimate of drug-likeness (QED) is 0.876. The SMILES string of the molecule is Cl.Cn1ccnc1C1CNCCN1Cc1cc(Br)ccc1F. The van der Waals surface area contributed by atoms with E-state index in [-0.39, 0.29) is 24.3 Å². The highest BCUT2D eigenvalue weighted by Crippen LogP contribution is 2.24. The minimum Gasteiger partial charge on any atom is -0.337 e. The molecule has 0 spiro atoms. The maximum atomic E-state index is 14.0. The van der Waals surface area contributed by atoms with Gasteiger partial charge >= 0.3 is 0 Å². The van der Waals surface area contributed by atoms with Crippen molar-refractivity contribution in [3.63, 3.8) is 0 Å². The molecular weight excluding hydrogens is 371 g/mol. The van der Waals surface area contributed by atoms with Crippen molar-refractivity contribution in [2.24, 2.45) is 7.05 Å². The highest BCUT2D eigenvalue weighted by Gasteiger charge is 2.27. The van der Waals surface area contributed by atoms with E-state index in [4.69, 9.17) is 0 Å². The number of hydrogen-bond acceptors (Lipinski definition) is 3. The standard InChI is InChI=1S/C15H18BrFN4.ClH/c1-20-6-5-19-15(20)14-9-18-4-7-21(14)10-11-8-12(16)2-3-13(11)17;/h2-3,5-6,8,14,18H,4,7,9-10H2,1H3;1H. The Morgan fingerprint density at radius 1 is 1.45 bits per heavy atom. The molecule has 1 fully saturated rings. The van der Waals surface area contributed by atoms with Crippen LogP contribution in [0.4, 0.5) is 4.39 Å². The van der Waals surface area contributed by atoms with E-state index in [0.29, 0.717) is 12.1 Å². The van der Waals surface area contributed by atoms with Gasteiger partial charge in [0, 0.05) is 55.7 Å². The topological polar surface area (TPSA) is 33.1 Å². The zero-order chi connectivity index (χ0) is 14.8. The molecule has 4 nitrogen and oxygen atoms in total. The zero-order valence-electron chi connectivity index (χ0n) is 12.3. The lowest BCUT2D eigenvalue weighted by molar-refractivity contribution is 0.143. The van der Waals surface area contributed by atoms with Gasteiger partial charge in [-0.15, -0.1) is 12.4 Å². The first-order valence-corrected chi connectivity index (χ1v) is 7.80. The summed E-state index contributed by atoms with van der Waals surface area (Å²) in [4.78, 5) is 6.73. The van der Waals surface area contributed by atoms with Crippen molar-refractivity contribution < 1.29 is 4.39 Å². The summed E-state index contributed by atoms with van der Waals surface area (Å²) in [7, 11) is 1.99. The fourth-order valence-electron chi connectivity index (χ4n) is 2.77. The van der Waals surface area contributed by atoms with Crippen LogP contribution in [0.25, 0.3) is 0 Å². The zero-order valence-corrected chi connectivity index (χ0v) is 14.7. The largest absolute Gasteiger partial charge is 0.337 e. The molecule has 2 heterocycles. The molecule has 1 aliphatic rings. The normalized spacial score (nSPS) is 19.0. The summed E-state index contributed by atoms with van der Waals surface area (Å²) in [6.07, 6.45) is 3.75. The fourth-order valence-corrected chi connectivity index (χ4v) is 3.18. The second-order valence-electron chi connectivity index (χ2n) is 5.32. The average Bonchev–Trinajstić information content (AvgIpc) is 2.90. The fraction of sp³-hybridized carbons (Fsp3) is 0.400. The van der Waals surface area contributed by atoms with Crippen LogP contribution in [-0.4, -0.2) is 34.1 Å². The summed E-state index contributed by atoms with van der Waals surface area (Å²) in [5, 5.41) is 3.39. The highest BCUT2D eigenvalue weighted by atomic mass is 79.9. The van der Waals surface area contributed by atoms with Gasteiger partial charge in [-0.2, -0.15) is 0 Å². The van der Waals surface area contributed by atoms with Crippen LogP contribution in [0.1, 0.15) is 17.4 Å². The lowest BCUT2D eigenvalue weighted by atomic mass is 10.1. The Morgan fingerprint density at radius 3 is 3.00 bits per heavy atom. The van der Waals surface area contributed by atoms with E-state index in [1.54, 1.807) is 6.07 Å². The highest BCUT2D eigenvalue weighted by molar-refractivity contribution is 9.10. The molecule has 0 bridgehead atoms. The molecule has 0 saturated carbocycles. The monoisotopic (exact) mass is 388 g/mol. The van der Waals surface area contributed by atoms with E-state index in [1.165, 1.54) is 6.07 Å². The van der Waals surface area contributed by atoms with Gasteiger partial charge in [0.1, 0.15) is 11.6 Å². The van der Waals surface area contributed by atoms with E-state index >= 15 is 0 Å². The van der Waals surface area contributed by atoms with Gasteiger partial charge in [-0.3, -0.25) is 4.90 Å². The van der Waals surface area contributed by atoms with Crippen LogP contribution in [0.5, 0.6) is 0 Å². The molecule has 1 aliphatic heterocycles. The maximum absolute atomic E-state index is 14.0. The number of nitrogens with one attached hydrogen (secondary N) is 1. The lowest BCUT2D eigenvalue weighted by Gasteiger charge is -2.35. The van der Waals surface area contributed by atoms with Gasteiger partial charge < -0.3 is 9.88 Å². The van der Waals surface area contributed by atoms with Gasteiger partial charge in [0.2, 0.25) is 0 Å². The molecule has 22 heavy (non-hydrogen) atoms. The number of hydrogen-bond donors (Lipinski definition) is 1. The Balaban J connectivity index is 0.00000176. The first-order chi connectivity index (χ1) is 10.1. The summed E-state index contributed by atoms with van der Waals surface area (Å²) in [5.74, 6) is 0.855. The van der Waals surface area contributed by atoms with Gasteiger partial charge in [-0.25, -0.2) is 9.37 Å². The van der Waals surface area contributed by atoms with E-state index < -0.39 is 0 Å². The van der Waals surface area contributed by atoms with E-state index in [0.717, 1.165) is 29.9 Å². The molecule has 120 valence electrons. The van der Waals surface area contributed by atoms with Gasteiger partial charge in [-0.05, 0) is 18.2 Å². The predicted octanol–water partition coefficient (Wildman–Crippen LogP) is 2.89. The minimum absolute atomic E-state index is 0. The number of piperazine rings is 1. The van der Waals surface area contributed by atoms with Crippen molar-refractivity contribution in [2.75, 3.05) is 19.6 Å². The second-order valence-corrected chi connectivity index (χ2v) is 6.24. The Bertz CT molecular complexity index is 634. The van der Waals surface area contributed by atoms with Crippen molar-refractivity contribution in [2.45, 2.75) is 12.6 Å². The molecule has 0 radical (unpaired) electrons. The van der Waals surface area contributed by atoms with Crippen LogP contribution in [0, 0.1) is 5.82 Å². The summed E-state index contributed by atoms with van der Waals surface area (Å²) >= 11 is 3.41. The maximum Gasteiger partial charge on any atom is 0.127 e. The summed E-state index contributed by atoms with van der Waals surface area (Å²) < 4.78 is 16.9. The van der Waals surface area contributed by atoms with E-state index in [1.807, 2.05) is 30.1 Å². The van der Waals surface area contributed by atoms with Crippen molar-refractivity contribution >= 4 is 28.3 Å². The summed E-state index contributed by atoms with van der Waals surface area (Å²) in [5.41, 5.74) is 0.713. The molecule has 1 N–H and O–H groups in total. The molecular formula is C15H19BrClFN4. The molecule has 1 aromatic carbocycles. The van der Waals surface area contributed by atoms with Crippen molar-refractivity contribution in [1.82, 2.24) is 19.8 Å². The van der Waals surface area contributed by atoms with Gasteiger partial charge in [0.15, 0.2) is 0 Å². The third-order valence-corrected chi connectivity index (χ3v) is 4.39. The van der Waals surface area contributed by atoms with Crippen LogP contribution >= 0.6 is 28.3 Å². The Kier molecular flexibility index (Phi) is 5.97. The molecule has 1 unspecified atom stereocenters. The number of benzene rings is 1. The van der Waals surface area contributed by atoms with E-state index in [9.17, 15) is 4.39 Å². The lowest BCUT2D eigenvalue weighted by Crippen LogP contribution is -2.46. The first kappa shape index (κ1) is 17.4. The Hall–Kier alpha value is -0.950.